The van der Waals surface area contributed by atoms with Gasteiger partial charge in [0, 0.05) is 12.6 Å². The number of hydrogen-bond donors (Lipinski definition) is 2. The number of alkyl carbamates (subject to hydrolysis) is 1. The van der Waals surface area contributed by atoms with Crippen molar-refractivity contribution in [3.8, 4) is 0 Å². The summed E-state index contributed by atoms with van der Waals surface area (Å²) in [5.74, 6) is -0.497. The van der Waals surface area contributed by atoms with Gasteiger partial charge in [-0.25, -0.2) is 4.79 Å². The first-order valence-electron chi connectivity index (χ1n) is 13.6. The standard InChI is InChI=1S/C29H49N3O4/c1-8-10-11-12-13-16-20-32(25(33)21-30-28(35)36-29(5,6)7)26(24-19-15-14-18-22(24)3)27(34)31-23(4)17-9-2/h14-15,18-19,23,26H,8-13,16-17,20-21H2,1-7H3,(H,30,35)(H,31,34). The molecule has 1 rings (SSSR count). The summed E-state index contributed by atoms with van der Waals surface area (Å²) in [6.45, 7) is 13.7. The summed E-state index contributed by atoms with van der Waals surface area (Å²) in [6.07, 6.45) is 7.58. The number of unbranched alkanes of at least 4 members (excludes halogenated alkanes) is 5. The second-order valence-electron chi connectivity index (χ2n) is 10.7. The lowest BCUT2D eigenvalue weighted by Crippen LogP contribution is -2.49. The Morgan fingerprint density at radius 2 is 1.61 bits per heavy atom. The van der Waals surface area contributed by atoms with Crippen LogP contribution in [-0.4, -0.2) is 47.5 Å². The molecule has 1 aromatic rings. The fourth-order valence-electron chi connectivity index (χ4n) is 4.19. The second-order valence-corrected chi connectivity index (χ2v) is 10.7. The zero-order valence-corrected chi connectivity index (χ0v) is 23.6. The number of aryl methyl sites for hydroxylation is 1. The number of benzene rings is 1. The van der Waals surface area contributed by atoms with Gasteiger partial charge in [-0.15, -0.1) is 0 Å². The molecule has 0 saturated carbocycles. The van der Waals surface area contributed by atoms with Crippen molar-refractivity contribution in [2.75, 3.05) is 13.1 Å². The number of ether oxygens (including phenoxy) is 1. The third kappa shape index (κ3) is 11.9. The van der Waals surface area contributed by atoms with Crippen molar-refractivity contribution in [2.24, 2.45) is 0 Å². The van der Waals surface area contributed by atoms with Crippen molar-refractivity contribution < 1.29 is 19.1 Å². The Bertz CT molecular complexity index is 819. The monoisotopic (exact) mass is 503 g/mol. The number of rotatable bonds is 15. The second kappa shape index (κ2) is 16.2. The molecule has 1 aromatic carbocycles. The number of nitrogens with one attached hydrogen (secondary N) is 2. The van der Waals surface area contributed by atoms with Gasteiger partial charge in [0.05, 0.1) is 0 Å². The van der Waals surface area contributed by atoms with Crippen molar-refractivity contribution in [3.05, 3.63) is 35.4 Å². The van der Waals surface area contributed by atoms with Gasteiger partial charge in [0.1, 0.15) is 18.2 Å². The number of carbonyl (C=O) groups is 3. The van der Waals surface area contributed by atoms with Gasteiger partial charge in [-0.05, 0) is 58.6 Å². The van der Waals surface area contributed by atoms with E-state index in [2.05, 4.69) is 24.5 Å². The smallest absolute Gasteiger partial charge is 0.408 e. The predicted molar refractivity (Wildman–Crippen MR) is 146 cm³/mol. The molecule has 204 valence electrons. The van der Waals surface area contributed by atoms with Gasteiger partial charge >= 0.3 is 6.09 Å². The highest BCUT2D eigenvalue weighted by molar-refractivity contribution is 5.90. The number of amides is 3. The summed E-state index contributed by atoms with van der Waals surface area (Å²) in [6, 6.07) is 6.92. The molecular formula is C29H49N3O4. The van der Waals surface area contributed by atoms with Gasteiger partial charge in [-0.1, -0.05) is 76.6 Å². The van der Waals surface area contributed by atoms with Gasteiger partial charge in [0.15, 0.2) is 0 Å². The molecule has 3 amide bonds. The highest BCUT2D eigenvalue weighted by atomic mass is 16.6. The van der Waals surface area contributed by atoms with Crippen LogP contribution in [0.2, 0.25) is 0 Å². The first-order chi connectivity index (χ1) is 17.0. The number of carbonyl (C=O) groups excluding carboxylic acids is 3. The fraction of sp³-hybridized carbons (Fsp3) is 0.690. The van der Waals surface area contributed by atoms with E-state index in [9.17, 15) is 14.4 Å². The first-order valence-corrected chi connectivity index (χ1v) is 13.6. The Kier molecular flexibility index (Phi) is 14.2. The Morgan fingerprint density at radius 3 is 2.22 bits per heavy atom. The van der Waals surface area contributed by atoms with Crippen LogP contribution < -0.4 is 10.6 Å². The Hall–Kier alpha value is -2.57. The Morgan fingerprint density at radius 1 is 0.972 bits per heavy atom. The van der Waals surface area contributed by atoms with Crippen molar-refractivity contribution >= 4 is 17.9 Å². The van der Waals surface area contributed by atoms with E-state index in [1.54, 1.807) is 25.7 Å². The minimum absolute atomic E-state index is 0.0000901. The summed E-state index contributed by atoms with van der Waals surface area (Å²) in [7, 11) is 0. The van der Waals surface area contributed by atoms with Crippen LogP contribution in [0.15, 0.2) is 24.3 Å². The SMILES string of the molecule is CCCCCCCCN(C(=O)CNC(=O)OC(C)(C)C)C(C(=O)NC(C)CCC)c1ccccc1C. The molecule has 0 aliphatic carbocycles. The lowest BCUT2D eigenvalue weighted by Gasteiger charge is -2.33. The quantitative estimate of drug-likeness (QED) is 0.285. The lowest BCUT2D eigenvalue weighted by molar-refractivity contribution is -0.140. The molecule has 2 N–H and O–H groups in total. The van der Waals surface area contributed by atoms with E-state index in [1.165, 1.54) is 19.3 Å². The van der Waals surface area contributed by atoms with Crippen LogP contribution in [0.3, 0.4) is 0 Å². The van der Waals surface area contributed by atoms with Crippen LogP contribution in [0.1, 0.15) is 110 Å². The molecule has 0 bridgehead atoms. The highest BCUT2D eigenvalue weighted by Gasteiger charge is 2.33. The normalized spacial score (nSPS) is 13.0. The molecule has 0 aromatic heterocycles. The third-order valence-corrected chi connectivity index (χ3v) is 6.01. The average Bonchev–Trinajstić information content (AvgIpc) is 2.78. The first kappa shape index (κ1) is 31.5. The maximum Gasteiger partial charge on any atom is 0.408 e. The molecule has 0 aliphatic rings. The van der Waals surface area contributed by atoms with E-state index in [0.717, 1.165) is 43.2 Å². The highest BCUT2D eigenvalue weighted by Crippen LogP contribution is 2.26. The number of nitrogens with zero attached hydrogens (tertiary/aromatic N) is 1. The van der Waals surface area contributed by atoms with E-state index in [1.807, 2.05) is 38.1 Å². The number of hydrogen-bond acceptors (Lipinski definition) is 4. The van der Waals surface area contributed by atoms with Crippen molar-refractivity contribution in [1.82, 2.24) is 15.5 Å². The van der Waals surface area contributed by atoms with E-state index < -0.39 is 17.7 Å². The topological polar surface area (TPSA) is 87.7 Å². The van der Waals surface area contributed by atoms with Gasteiger partial charge in [-0.3, -0.25) is 9.59 Å². The van der Waals surface area contributed by atoms with Crippen molar-refractivity contribution in [2.45, 2.75) is 118 Å². The molecular weight excluding hydrogens is 454 g/mol. The molecule has 0 radical (unpaired) electrons. The van der Waals surface area contributed by atoms with E-state index in [0.29, 0.717) is 6.54 Å². The molecule has 0 fully saturated rings. The maximum absolute atomic E-state index is 13.6. The maximum atomic E-state index is 13.6. The van der Waals surface area contributed by atoms with Gasteiger partial charge < -0.3 is 20.3 Å². The van der Waals surface area contributed by atoms with Crippen molar-refractivity contribution in [1.29, 1.82) is 0 Å². The third-order valence-electron chi connectivity index (χ3n) is 6.01. The largest absolute Gasteiger partial charge is 0.444 e. The Balaban J connectivity index is 3.18. The van der Waals surface area contributed by atoms with Crippen LogP contribution in [0.5, 0.6) is 0 Å². The van der Waals surface area contributed by atoms with Crippen LogP contribution in [-0.2, 0) is 14.3 Å². The molecule has 36 heavy (non-hydrogen) atoms. The van der Waals surface area contributed by atoms with Crippen LogP contribution >= 0.6 is 0 Å². The van der Waals surface area contributed by atoms with Crippen LogP contribution in [0.25, 0.3) is 0 Å². The van der Waals surface area contributed by atoms with Gasteiger partial charge in [-0.2, -0.15) is 0 Å². The molecule has 0 spiro atoms. The van der Waals surface area contributed by atoms with Crippen molar-refractivity contribution in [3.63, 3.8) is 0 Å². The van der Waals surface area contributed by atoms with E-state index >= 15 is 0 Å². The minimum Gasteiger partial charge on any atom is -0.444 e. The molecule has 7 heteroatoms. The summed E-state index contributed by atoms with van der Waals surface area (Å²) in [5.41, 5.74) is 1.08. The minimum atomic E-state index is -0.769. The van der Waals surface area contributed by atoms with Gasteiger partial charge in [0.2, 0.25) is 11.8 Å². The van der Waals surface area contributed by atoms with E-state index in [4.69, 9.17) is 4.74 Å². The molecule has 2 atom stereocenters. The summed E-state index contributed by atoms with van der Waals surface area (Å²) in [5, 5.41) is 5.69. The summed E-state index contributed by atoms with van der Waals surface area (Å²) >= 11 is 0. The van der Waals surface area contributed by atoms with E-state index in [-0.39, 0.29) is 24.4 Å². The summed E-state index contributed by atoms with van der Waals surface area (Å²) in [4.78, 5) is 40.9. The van der Waals surface area contributed by atoms with Gasteiger partial charge in [0.25, 0.3) is 0 Å². The predicted octanol–water partition coefficient (Wildman–Crippen LogP) is 6.05. The molecule has 7 nitrogen and oxygen atoms in total. The molecule has 0 aliphatic heterocycles. The van der Waals surface area contributed by atoms with Crippen LogP contribution in [0.4, 0.5) is 4.79 Å². The van der Waals surface area contributed by atoms with Crippen LogP contribution in [0, 0.1) is 6.92 Å². The summed E-state index contributed by atoms with van der Waals surface area (Å²) < 4.78 is 5.30. The molecule has 2 unspecified atom stereocenters. The average molecular weight is 504 g/mol. The zero-order chi connectivity index (χ0) is 27.1. The Labute approximate surface area is 218 Å². The fourth-order valence-corrected chi connectivity index (χ4v) is 4.19. The lowest BCUT2D eigenvalue weighted by atomic mass is 9.97. The molecule has 0 heterocycles. The zero-order valence-electron chi connectivity index (χ0n) is 23.6. The molecule has 0 saturated heterocycles.